The van der Waals surface area contributed by atoms with Gasteiger partial charge in [-0.2, -0.15) is 0 Å². The largest absolute Gasteiger partial charge is 0.338 e. The summed E-state index contributed by atoms with van der Waals surface area (Å²) in [4.78, 5) is 11.9. The van der Waals surface area contributed by atoms with E-state index in [1.54, 1.807) is 0 Å². The van der Waals surface area contributed by atoms with Crippen LogP contribution in [-0.2, 0) is 6.42 Å². The van der Waals surface area contributed by atoms with Gasteiger partial charge in [-0.25, -0.2) is 4.79 Å². The Morgan fingerprint density at radius 2 is 1.90 bits per heavy atom. The molecule has 1 saturated carbocycles. The molecule has 110 valence electrons. The van der Waals surface area contributed by atoms with Crippen molar-refractivity contribution >= 4 is 6.03 Å². The maximum atomic E-state index is 11.9. The van der Waals surface area contributed by atoms with Crippen molar-refractivity contribution in [2.45, 2.75) is 52.0 Å². The lowest BCUT2D eigenvalue weighted by molar-refractivity contribution is 0.222. The molecule has 0 saturated heterocycles. The van der Waals surface area contributed by atoms with Gasteiger partial charge in [0.2, 0.25) is 0 Å². The number of amides is 2. The van der Waals surface area contributed by atoms with E-state index >= 15 is 0 Å². The summed E-state index contributed by atoms with van der Waals surface area (Å²) in [6.07, 6.45) is 5.77. The average molecular weight is 274 g/mol. The van der Waals surface area contributed by atoms with Crippen molar-refractivity contribution in [2.24, 2.45) is 5.92 Å². The second-order valence-electron chi connectivity index (χ2n) is 6.00. The molecule has 0 aliphatic heterocycles. The third kappa shape index (κ3) is 4.55. The highest BCUT2D eigenvalue weighted by molar-refractivity contribution is 5.74. The van der Waals surface area contributed by atoms with Crippen molar-refractivity contribution in [3.8, 4) is 0 Å². The van der Waals surface area contributed by atoms with Gasteiger partial charge in [-0.3, -0.25) is 0 Å². The quantitative estimate of drug-likeness (QED) is 0.868. The van der Waals surface area contributed by atoms with E-state index in [4.69, 9.17) is 0 Å². The Bertz CT molecular complexity index is 427. The van der Waals surface area contributed by atoms with Crippen LogP contribution in [0.4, 0.5) is 4.79 Å². The number of benzene rings is 1. The minimum absolute atomic E-state index is 0.0177. The van der Waals surface area contributed by atoms with Crippen molar-refractivity contribution in [1.82, 2.24) is 10.6 Å². The molecule has 0 spiro atoms. The smallest absolute Gasteiger partial charge is 0.315 e. The zero-order valence-electron chi connectivity index (χ0n) is 12.6. The van der Waals surface area contributed by atoms with E-state index in [0.29, 0.717) is 18.5 Å². The summed E-state index contributed by atoms with van der Waals surface area (Å²) in [5, 5.41) is 6.08. The molecule has 1 aromatic carbocycles. The third-order valence-corrected chi connectivity index (χ3v) is 4.25. The van der Waals surface area contributed by atoms with Gasteiger partial charge in [-0.15, -0.1) is 0 Å². The zero-order valence-corrected chi connectivity index (χ0v) is 12.6. The molecule has 3 heteroatoms. The lowest BCUT2D eigenvalue weighted by atomic mass is 9.86. The predicted octanol–water partition coefficient (Wildman–Crippen LogP) is 3.42. The molecule has 0 bridgehead atoms. The molecule has 1 aliphatic rings. The van der Waals surface area contributed by atoms with Crippen LogP contribution >= 0.6 is 0 Å². The Hall–Kier alpha value is -1.51. The Morgan fingerprint density at radius 1 is 1.20 bits per heavy atom. The number of carbonyl (C=O) groups excluding carboxylic acids is 1. The molecule has 0 aromatic heterocycles. The van der Waals surface area contributed by atoms with Gasteiger partial charge >= 0.3 is 6.03 Å². The molecule has 2 unspecified atom stereocenters. The van der Waals surface area contributed by atoms with Crippen molar-refractivity contribution in [3.05, 3.63) is 35.4 Å². The zero-order chi connectivity index (χ0) is 14.4. The van der Waals surface area contributed by atoms with Crippen LogP contribution < -0.4 is 10.6 Å². The second-order valence-corrected chi connectivity index (χ2v) is 6.00. The average Bonchev–Trinajstić information content (AvgIpc) is 2.44. The first kappa shape index (κ1) is 14.9. The summed E-state index contributed by atoms with van der Waals surface area (Å²) in [7, 11) is 0. The SMILES string of the molecule is Cc1ccc(CCNC(=O)NC2CCCCC2C)cc1. The number of hydrogen-bond acceptors (Lipinski definition) is 1. The van der Waals surface area contributed by atoms with Gasteiger partial charge in [0.15, 0.2) is 0 Å². The molecular formula is C17H26N2O. The molecule has 2 N–H and O–H groups in total. The van der Waals surface area contributed by atoms with E-state index in [1.807, 2.05) is 0 Å². The minimum atomic E-state index is -0.0177. The molecule has 2 amide bonds. The van der Waals surface area contributed by atoms with Gasteiger partial charge in [-0.05, 0) is 37.7 Å². The van der Waals surface area contributed by atoms with Gasteiger partial charge in [0.1, 0.15) is 0 Å². The second kappa shape index (κ2) is 7.32. The fourth-order valence-electron chi connectivity index (χ4n) is 2.83. The maximum Gasteiger partial charge on any atom is 0.315 e. The summed E-state index contributed by atoms with van der Waals surface area (Å²) < 4.78 is 0. The number of rotatable bonds is 4. The van der Waals surface area contributed by atoms with Crippen molar-refractivity contribution in [2.75, 3.05) is 6.54 Å². The Labute approximate surface area is 122 Å². The normalized spacial score (nSPS) is 22.3. The van der Waals surface area contributed by atoms with E-state index in [0.717, 1.165) is 12.8 Å². The van der Waals surface area contributed by atoms with Crippen LogP contribution in [0, 0.1) is 12.8 Å². The van der Waals surface area contributed by atoms with Crippen LogP contribution in [0.5, 0.6) is 0 Å². The molecular weight excluding hydrogens is 248 g/mol. The summed E-state index contributed by atoms with van der Waals surface area (Å²) >= 11 is 0. The van der Waals surface area contributed by atoms with E-state index in [1.165, 1.54) is 30.4 Å². The third-order valence-electron chi connectivity index (χ3n) is 4.25. The number of carbonyl (C=O) groups is 1. The van der Waals surface area contributed by atoms with E-state index in [2.05, 4.69) is 48.7 Å². The van der Waals surface area contributed by atoms with Crippen molar-refractivity contribution in [1.29, 1.82) is 0 Å². The lowest BCUT2D eigenvalue weighted by Gasteiger charge is -2.29. The van der Waals surface area contributed by atoms with E-state index < -0.39 is 0 Å². The van der Waals surface area contributed by atoms with Gasteiger partial charge in [0, 0.05) is 12.6 Å². The van der Waals surface area contributed by atoms with Crippen LogP contribution in [0.3, 0.4) is 0 Å². The fourth-order valence-corrected chi connectivity index (χ4v) is 2.83. The topological polar surface area (TPSA) is 41.1 Å². The molecule has 2 rings (SSSR count). The van der Waals surface area contributed by atoms with Gasteiger partial charge in [-0.1, -0.05) is 49.6 Å². The Kier molecular flexibility index (Phi) is 5.45. The lowest BCUT2D eigenvalue weighted by Crippen LogP contribution is -2.46. The highest BCUT2D eigenvalue weighted by Gasteiger charge is 2.22. The summed E-state index contributed by atoms with van der Waals surface area (Å²) in [5.41, 5.74) is 2.53. The molecule has 1 aliphatic carbocycles. The Balaban J connectivity index is 1.68. The number of hydrogen-bond donors (Lipinski definition) is 2. The van der Waals surface area contributed by atoms with Crippen LogP contribution in [0.2, 0.25) is 0 Å². The van der Waals surface area contributed by atoms with Crippen LogP contribution in [0.1, 0.15) is 43.7 Å². The monoisotopic (exact) mass is 274 g/mol. The fraction of sp³-hybridized carbons (Fsp3) is 0.588. The van der Waals surface area contributed by atoms with Crippen LogP contribution in [0.15, 0.2) is 24.3 Å². The van der Waals surface area contributed by atoms with Crippen LogP contribution in [-0.4, -0.2) is 18.6 Å². The summed E-state index contributed by atoms with van der Waals surface area (Å²) in [5.74, 6) is 0.603. The first-order valence-corrected chi connectivity index (χ1v) is 7.75. The van der Waals surface area contributed by atoms with Crippen molar-refractivity contribution in [3.63, 3.8) is 0 Å². The molecule has 1 fully saturated rings. The van der Waals surface area contributed by atoms with Crippen LogP contribution in [0.25, 0.3) is 0 Å². The molecule has 1 aromatic rings. The summed E-state index contributed by atoms with van der Waals surface area (Å²) in [6, 6.07) is 8.80. The van der Waals surface area contributed by atoms with E-state index in [-0.39, 0.29) is 6.03 Å². The first-order valence-electron chi connectivity index (χ1n) is 7.75. The minimum Gasteiger partial charge on any atom is -0.338 e. The molecule has 0 heterocycles. The Morgan fingerprint density at radius 3 is 2.60 bits per heavy atom. The summed E-state index contributed by atoms with van der Waals surface area (Å²) in [6.45, 7) is 5.01. The first-order chi connectivity index (χ1) is 9.65. The molecule has 2 atom stereocenters. The van der Waals surface area contributed by atoms with Gasteiger partial charge in [0.25, 0.3) is 0 Å². The van der Waals surface area contributed by atoms with Gasteiger partial charge in [0.05, 0.1) is 0 Å². The van der Waals surface area contributed by atoms with Crippen molar-refractivity contribution < 1.29 is 4.79 Å². The molecule has 3 nitrogen and oxygen atoms in total. The molecule has 20 heavy (non-hydrogen) atoms. The standard InChI is InChI=1S/C17H26N2O/c1-13-7-9-15(10-8-13)11-12-18-17(20)19-16-6-4-3-5-14(16)2/h7-10,14,16H,3-6,11-12H2,1-2H3,(H2,18,19,20). The van der Waals surface area contributed by atoms with E-state index in [9.17, 15) is 4.79 Å². The highest BCUT2D eigenvalue weighted by Crippen LogP contribution is 2.23. The molecule has 0 radical (unpaired) electrons. The number of aryl methyl sites for hydroxylation is 1. The predicted molar refractivity (Wildman–Crippen MR) is 82.8 cm³/mol. The van der Waals surface area contributed by atoms with Gasteiger partial charge < -0.3 is 10.6 Å². The maximum absolute atomic E-state index is 11.9. The highest BCUT2D eigenvalue weighted by atomic mass is 16.2. The number of urea groups is 1. The number of nitrogens with one attached hydrogen (secondary N) is 2.